The van der Waals surface area contributed by atoms with Gasteiger partial charge in [-0.1, -0.05) is 54.1 Å². The molecule has 1 amide bonds. The van der Waals surface area contributed by atoms with E-state index < -0.39 is 28.0 Å². The lowest BCUT2D eigenvalue weighted by Crippen LogP contribution is -2.35. The van der Waals surface area contributed by atoms with E-state index in [2.05, 4.69) is 5.32 Å². The number of amides is 1. The monoisotopic (exact) mass is 486 g/mol. The Morgan fingerprint density at radius 1 is 1.00 bits per heavy atom. The number of benzene rings is 3. The van der Waals surface area contributed by atoms with Crippen LogP contribution in [0.4, 0.5) is 5.69 Å². The van der Waals surface area contributed by atoms with Crippen molar-refractivity contribution in [2.45, 2.75) is 24.5 Å². The Bertz CT molecular complexity index is 1250. The minimum absolute atomic E-state index is 0.0169. The Hall–Kier alpha value is -3.36. The molecule has 0 saturated heterocycles. The highest BCUT2D eigenvalue weighted by Gasteiger charge is 2.24. The molecule has 0 heterocycles. The van der Waals surface area contributed by atoms with E-state index in [0.717, 1.165) is 9.87 Å². The number of anilines is 1. The van der Waals surface area contributed by atoms with E-state index in [4.69, 9.17) is 16.3 Å². The van der Waals surface area contributed by atoms with Crippen LogP contribution in [0.15, 0.2) is 83.8 Å². The molecule has 172 valence electrons. The lowest BCUT2D eigenvalue weighted by atomic mass is 10.2. The van der Waals surface area contributed by atoms with Gasteiger partial charge < -0.3 is 10.1 Å². The third kappa shape index (κ3) is 5.91. The minimum Gasteiger partial charge on any atom is -0.449 e. The first-order chi connectivity index (χ1) is 15.7. The molecule has 0 spiro atoms. The largest absolute Gasteiger partial charge is 0.449 e. The number of rotatable bonds is 8. The van der Waals surface area contributed by atoms with Crippen LogP contribution in [0.5, 0.6) is 0 Å². The molecular weight excluding hydrogens is 464 g/mol. The van der Waals surface area contributed by atoms with Crippen molar-refractivity contribution in [2.75, 3.05) is 11.4 Å². The first-order valence-corrected chi connectivity index (χ1v) is 11.9. The first kappa shape index (κ1) is 24.3. The molecule has 0 aliphatic heterocycles. The van der Waals surface area contributed by atoms with Crippen LogP contribution in [0, 0.1) is 0 Å². The molecule has 1 unspecified atom stereocenters. The molecule has 9 heteroatoms. The normalized spacial score (nSPS) is 12.0. The highest BCUT2D eigenvalue weighted by Crippen LogP contribution is 2.22. The second-order valence-electron chi connectivity index (χ2n) is 7.19. The van der Waals surface area contributed by atoms with E-state index >= 15 is 0 Å². The van der Waals surface area contributed by atoms with Crippen molar-refractivity contribution in [2.24, 2.45) is 0 Å². The van der Waals surface area contributed by atoms with Gasteiger partial charge in [-0.05, 0) is 48.9 Å². The fourth-order valence-corrected chi connectivity index (χ4v) is 4.41. The van der Waals surface area contributed by atoms with Crippen LogP contribution in [0.2, 0.25) is 5.02 Å². The van der Waals surface area contributed by atoms with Crippen molar-refractivity contribution >= 4 is 39.2 Å². The number of para-hydroxylation sites is 1. The number of halogens is 1. The zero-order valence-corrected chi connectivity index (χ0v) is 19.6. The van der Waals surface area contributed by atoms with Crippen molar-refractivity contribution in [3.05, 3.63) is 95.0 Å². The first-order valence-electron chi connectivity index (χ1n) is 10.1. The summed E-state index contributed by atoms with van der Waals surface area (Å²) in [6.45, 7) is 1.61. The molecule has 3 aromatic rings. The molecule has 0 aliphatic carbocycles. The second-order valence-corrected chi connectivity index (χ2v) is 9.57. The van der Waals surface area contributed by atoms with Crippen molar-refractivity contribution < 1.29 is 22.7 Å². The van der Waals surface area contributed by atoms with Gasteiger partial charge in [0.05, 0.1) is 16.1 Å². The van der Waals surface area contributed by atoms with Crippen molar-refractivity contribution in [1.29, 1.82) is 0 Å². The summed E-state index contributed by atoms with van der Waals surface area (Å²) < 4.78 is 32.3. The maximum Gasteiger partial charge on any atom is 0.338 e. The Morgan fingerprint density at radius 3 is 2.36 bits per heavy atom. The number of hydrogen-bond donors (Lipinski definition) is 1. The van der Waals surface area contributed by atoms with Gasteiger partial charge in [0.25, 0.3) is 15.9 Å². The van der Waals surface area contributed by atoms with Gasteiger partial charge in [0, 0.05) is 18.6 Å². The molecule has 33 heavy (non-hydrogen) atoms. The van der Waals surface area contributed by atoms with Gasteiger partial charge in [0.2, 0.25) is 0 Å². The van der Waals surface area contributed by atoms with Gasteiger partial charge in [0.15, 0.2) is 6.10 Å². The molecule has 0 fully saturated rings. The Kier molecular flexibility index (Phi) is 7.73. The van der Waals surface area contributed by atoms with Gasteiger partial charge in [-0.25, -0.2) is 13.2 Å². The zero-order valence-electron chi connectivity index (χ0n) is 18.1. The smallest absolute Gasteiger partial charge is 0.338 e. The Labute approximate surface area is 198 Å². The Balaban J connectivity index is 1.67. The van der Waals surface area contributed by atoms with E-state index in [-0.39, 0.29) is 17.0 Å². The zero-order chi connectivity index (χ0) is 24.0. The number of hydrogen-bond acceptors (Lipinski definition) is 5. The molecule has 1 N–H and O–H groups in total. The number of carbonyl (C=O) groups excluding carboxylic acids is 2. The van der Waals surface area contributed by atoms with Gasteiger partial charge in [-0.3, -0.25) is 9.10 Å². The van der Waals surface area contributed by atoms with Crippen molar-refractivity contribution in [1.82, 2.24) is 5.32 Å². The quantitative estimate of drug-likeness (QED) is 0.485. The summed E-state index contributed by atoms with van der Waals surface area (Å²) in [5.74, 6) is -1.31. The summed E-state index contributed by atoms with van der Waals surface area (Å²) >= 11 is 6.08. The highest BCUT2D eigenvalue weighted by atomic mass is 35.5. The van der Waals surface area contributed by atoms with Crippen LogP contribution in [0.25, 0.3) is 0 Å². The van der Waals surface area contributed by atoms with Crippen LogP contribution >= 0.6 is 11.6 Å². The molecule has 0 aromatic heterocycles. The number of carbonyl (C=O) groups is 2. The summed E-state index contributed by atoms with van der Waals surface area (Å²) in [4.78, 5) is 24.8. The van der Waals surface area contributed by atoms with Gasteiger partial charge in [-0.15, -0.1) is 0 Å². The van der Waals surface area contributed by atoms with Gasteiger partial charge >= 0.3 is 5.97 Å². The lowest BCUT2D eigenvalue weighted by Gasteiger charge is -2.20. The molecule has 0 radical (unpaired) electrons. The van der Waals surface area contributed by atoms with Gasteiger partial charge in [-0.2, -0.15) is 0 Å². The Morgan fingerprint density at radius 2 is 1.67 bits per heavy atom. The number of nitrogens with one attached hydrogen (secondary N) is 1. The summed E-state index contributed by atoms with van der Waals surface area (Å²) in [5, 5.41) is 3.18. The molecular formula is C24H23ClN2O5S. The maximum absolute atomic E-state index is 13.0. The molecule has 0 aliphatic rings. The molecule has 3 aromatic carbocycles. The molecule has 7 nitrogen and oxygen atoms in total. The fourth-order valence-electron chi connectivity index (χ4n) is 2.97. The summed E-state index contributed by atoms with van der Waals surface area (Å²) in [6, 6.07) is 21.1. The van der Waals surface area contributed by atoms with Crippen LogP contribution in [0.3, 0.4) is 0 Å². The standard InChI is InChI=1S/C24H23ClN2O5S/c1-17(23(28)26-16-19-9-6-7-14-22(19)25)32-24(29)18-10-8-13-21(15-18)33(30,31)27(2)20-11-4-3-5-12-20/h3-15,17H,16H2,1-2H3,(H,26,28). The highest BCUT2D eigenvalue weighted by molar-refractivity contribution is 7.92. The van der Waals surface area contributed by atoms with E-state index in [1.807, 2.05) is 0 Å². The average Bonchev–Trinajstić information content (AvgIpc) is 2.83. The van der Waals surface area contributed by atoms with E-state index in [1.54, 1.807) is 54.6 Å². The molecule has 0 saturated carbocycles. The van der Waals surface area contributed by atoms with Crippen molar-refractivity contribution in [3.63, 3.8) is 0 Å². The van der Waals surface area contributed by atoms with E-state index in [0.29, 0.717) is 10.7 Å². The van der Waals surface area contributed by atoms with Crippen LogP contribution in [0.1, 0.15) is 22.8 Å². The second kappa shape index (κ2) is 10.5. The predicted molar refractivity (Wildman–Crippen MR) is 127 cm³/mol. The minimum atomic E-state index is -3.90. The average molecular weight is 487 g/mol. The van der Waals surface area contributed by atoms with Crippen LogP contribution in [-0.4, -0.2) is 33.4 Å². The third-order valence-electron chi connectivity index (χ3n) is 4.91. The molecule has 1 atom stereocenters. The summed E-state index contributed by atoms with van der Waals surface area (Å²) in [5.41, 5.74) is 1.23. The number of ether oxygens (including phenoxy) is 1. The predicted octanol–water partition coefficient (Wildman–Crippen LogP) is 4.03. The number of esters is 1. The third-order valence-corrected chi connectivity index (χ3v) is 7.06. The topological polar surface area (TPSA) is 92.8 Å². The summed E-state index contributed by atoms with van der Waals surface area (Å²) in [7, 11) is -2.47. The SMILES string of the molecule is CC(OC(=O)c1cccc(S(=O)(=O)N(C)c2ccccc2)c1)C(=O)NCc1ccccc1Cl. The number of sulfonamides is 1. The maximum atomic E-state index is 13.0. The lowest BCUT2D eigenvalue weighted by molar-refractivity contribution is -0.129. The molecule has 3 rings (SSSR count). The number of nitrogens with zero attached hydrogens (tertiary/aromatic N) is 1. The van der Waals surface area contributed by atoms with Crippen LogP contribution < -0.4 is 9.62 Å². The fraction of sp³-hybridized carbons (Fsp3) is 0.167. The van der Waals surface area contributed by atoms with E-state index in [1.165, 1.54) is 38.2 Å². The summed E-state index contributed by atoms with van der Waals surface area (Å²) in [6.07, 6.45) is -1.09. The van der Waals surface area contributed by atoms with E-state index in [9.17, 15) is 18.0 Å². The molecule has 0 bridgehead atoms. The van der Waals surface area contributed by atoms with Crippen molar-refractivity contribution in [3.8, 4) is 0 Å². The van der Waals surface area contributed by atoms with Crippen LogP contribution in [-0.2, 0) is 26.1 Å². The van der Waals surface area contributed by atoms with Gasteiger partial charge in [0.1, 0.15) is 0 Å².